The molecule has 0 bridgehead atoms. The number of piperidine rings is 1. The summed E-state index contributed by atoms with van der Waals surface area (Å²) < 4.78 is 10.6. The van der Waals surface area contributed by atoms with E-state index in [1.807, 2.05) is 13.8 Å². The Labute approximate surface area is 91.3 Å². The highest BCUT2D eigenvalue weighted by Gasteiger charge is 2.34. The van der Waals surface area contributed by atoms with Gasteiger partial charge < -0.3 is 14.8 Å². The van der Waals surface area contributed by atoms with Crippen LogP contribution in [-0.4, -0.2) is 37.4 Å². The molecule has 1 aliphatic rings. The van der Waals surface area contributed by atoms with E-state index in [1.54, 1.807) is 0 Å². The Morgan fingerprint density at radius 2 is 2.20 bits per heavy atom. The first kappa shape index (κ1) is 12.5. The van der Waals surface area contributed by atoms with Gasteiger partial charge in [0.15, 0.2) is 0 Å². The van der Waals surface area contributed by atoms with Crippen LogP contribution in [-0.2, 0) is 14.3 Å². The molecule has 1 aliphatic heterocycles. The number of ether oxygens (including phenoxy) is 2. The van der Waals surface area contributed by atoms with E-state index < -0.39 is 0 Å². The molecule has 0 aromatic rings. The monoisotopic (exact) mass is 215 g/mol. The second-order valence-corrected chi connectivity index (χ2v) is 4.11. The molecule has 1 N–H and O–H groups in total. The molecular weight excluding hydrogens is 194 g/mol. The zero-order chi connectivity index (χ0) is 11.3. The number of nitrogens with one attached hydrogen (secondary N) is 1. The number of esters is 1. The molecule has 0 aliphatic carbocycles. The molecule has 1 rings (SSSR count). The van der Waals surface area contributed by atoms with Crippen LogP contribution in [0.15, 0.2) is 0 Å². The number of carbonyl (C=O) groups is 1. The molecule has 0 amide bonds. The van der Waals surface area contributed by atoms with Crippen molar-refractivity contribution in [3.63, 3.8) is 0 Å². The lowest BCUT2D eigenvalue weighted by Gasteiger charge is -2.36. The van der Waals surface area contributed by atoms with Gasteiger partial charge in [0.25, 0.3) is 0 Å². The quantitative estimate of drug-likeness (QED) is 0.713. The minimum atomic E-state index is -0.154. The van der Waals surface area contributed by atoms with E-state index in [4.69, 9.17) is 9.47 Å². The Balaban J connectivity index is 2.38. The fourth-order valence-electron chi connectivity index (χ4n) is 1.89. The van der Waals surface area contributed by atoms with Gasteiger partial charge in [-0.25, -0.2) is 0 Å². The normalized spacial score (nSPS) is 31.3. The third kappa shape index (κ3) is 3.47. The molecule has 0 spiro atoms. The van der Waals surface area contributed by atoms with E-state index >= 15 is 0 Å². The highest BCUT2D eigenvalue weighted by Crippen LogP contribution is 2.23. The third-order valence-electron chi connectivity index (χ3n) is 2.75. The first-order valence-corrected chi connectivity index (χ1v) is 5.65. The van der Waals surface area contributed by atoms with Crippen molar-refractivity contribution in [2.75, 3.05) is 19.8 Å². The number of hydrogen-bond donors (Lipinski definition) is 1. The van der Waals surface area contributed by atoms with Crippen LogP contribution in [0.4, 0.5) is 0 Å². The average Bonchev–Trinajstić information content (AvgIpc) is 2.19. The molecular formula is C11H21NO3. The van der Waals surface area contributed by atoms with Crippen molar-refractivity contribution < 1.29 is 14.3 Å². The highest BCUT2D eigenvalue weighted by molar-refractivity contribution is 5.75. The summed E-state index contributed by atoms with van der Waals surface area (Å²) in [5.74, 6) is -0.143. The predicted octanol–water partition coefficient (Wildman–Crippen LogP) is 1.10. The molecule has 4 nitrogen and oxygen atoms in total. The molecule has 2 unspecified atom stereocenters. The lowest BCUT2D eigenvalue weighted by Crippen LogP contribution is -2.53. The topological polar surface area (TPSA) is 47.6 Å². The molecule has 4 heteroatoms. The Hall–Kier alpha value is -0.610. The molecule has 15 heavy (non-hydrogen) atoms. The summed E-state index contributed by atoms with van der Waals surface area (Å²) in [6.45, 7) is 7.75. The molecule has 0 aromatic carbocycles. The maximum atomic E-state index is 11.4. The molecule has 0 radical (unpaired) electrons. The SMILES string of the molecule is CCOC(=O)C1CCC(C)(OCC)CN1. The number of hydrogen-bond acceptors (Lipinski definition) is 4. The second-order valence-electron chi connectivity index (χ2n) is 4.11. The first-order valence-electron chi connectivity index (χ1n) is 5.65. The minimum Gasteiger partial charge on any atom is -0.465 e. The van der Waals surface area contributed by atoms with Crippen molar-refractivity contribution >= 4 is 5.97 Å². The molecule has 0 saturated carbocycles. The zero-order valence-corrected chi connectivity index (χ0v) is 9.84. The van der Waals surface area contributed by atoms with Gasteiger partial charge in [-0.05, 0) is 33.6 Å². The van der Waals surface area contributed by atoms with Crippen LogP contribution in [0.3, 0.4) is 0 Å². The lowest BCUT2D eigenvalue weighted by molar-refractivity contribution is -0.148. The lowest BCUT2D eigenvalue weighted by atomic mass is 9.92. The van der Waals surface area contributed by atoms with Gasteiger partial charge in [-0.2, -0.15) is 0 Å². The summed E-state index contributed by atoms with van der Waals surface area (Å²) in [5, 5.41) is 3.18. The van der Waals surface area contributed by atoms with Crippen molar-refractivity contribution in [2.45, 2.75) is 45.3 Å². The minimum absolute atomic E-state index is 0.127. The van der Waals surface area contributed by atoms with Crippen LogP contribution < -0.4 is 5.32 Å². The van der Waals surface area contributed by atoms with Gasteiger partial charge in [0.1, 0.15) is 6.04 Å². The van der Waals surface area contributed by atoms with E-state index in [0.717, 1.165) is 12.8 Å². The van der Waals surface area contributed by atoms with Gasteiger partial charge >= 0.3 is 5.97 Å². The van der Waals surface area contributed by atoms with Gasteiger partial charge in [-0.3, -0.25) is 4.79 Å². The summed E-state index contributed by atoms with van der Waals surface area (Å²) in [5.41, 5.74) is -0.127. The first-order chi connectivity index (χ1) is 7.11. The summed E-state index contributed by atoms with van der Waals surface area (Å²) in [7, 11) is 0. The van der Waals surface area contributed by atoms with E-state index in [-0.39, 0.29) is 17.6 Å². The van der Waals surface area contributed by atoms with E-state index in [0.29, 0.717) is 19.8 Å². The van der Waals surface area contributed by atoms with Gasteiger partial charge in [0.05, 0.1) is 12.2 Å². The van der Waals surface area contributed by atoms with Crippen molar-refractivity contribution in [3.05, 3.63) is 0 Å². The zero-order valence-electron chi connectivity index (χ0n) is 9.84. The van der Waals surface area contributed by atoms with Gasteiger partial charge in [0.2, 0.25) is 0 Å². The van der Waals surface area contributed by atoms with Crippen LogP contribution in [0.5, 0.6) is 0 Å². The van der Waals surface area contributed by atoms with Gasteiger partial charge in [0, 0.05) is 13.2 Å². The highest BCUT2D eigenvalue weighted by atomic mass is 16.5. The molecule has 1 heterocycles. The van der Waals surface area contributed by atoms with Gasteiger partial charge in [-0.15, -0.1) is 0 Å². The average molecular weight is 215 g/mol. The fourth-order valence-corrected chi connectivity index (χ4v) is 1.89. The Morgan fingerprint density at radius 3 is 2.67 bits per heavy atom. The van der Waals surface area contributed by atoms with Crippen LogP contribution in [0.25, 0.3) is 0 Å². The maximum absolute atomic E-state index is 11.4. The predicted molar refractivity (Wildman–Crippen MR) is 57.7 cm³/mol. The van der Waals surface area contributed by atoms with Crippen LogP contribution in [0.2, 0.25) is 0 Å². The summed E-state index contributed by atoms with van der Waals surface area (Å²) in [4.78, 5) is 11.4. The number of rotatable bonds is 4. The summed E-state index contributed by atoms with van der Waals surface area (Å²) >= 11 is 0. The number of carbonyl (C=O) groups excluding carboxylic acids is 1. The van der Waals surface area contributed by atoms with Crippen molar-refractivity contribution in [1.29, 1.82) is 0 Å². The van der Waals surface area contributed by atoms with Crippen molar-refractivity contribution in [2.24, 2.45) is 0 Å². The van der Waals surface area contributed by atoms with Crippen molar-refractivity contribution in [3.8, 4) is 0 Å². The molecule has 0 aromatic heterocycles. The molecule has 1 saturated heterocycles. The smallest absolute Gasteiger partial charge is 0.323 e. The van der Waals surface area contributed by atoms with Crippen LogP contribution >= 0.6 is 0 Å². The largest absolute Gasteiger partial charge is 0.465 e. The second kappa shape index (κ2) is 5.47. The van der Waals surface area contributed by atoms with E-state index in [9.17, 15) is 4.79 Å². The van der Waals surface area contributed by atoms with Crippen molar-refractivity contribution in [1.82, 2.24) is 5.32 Å². The summed E-state index contributed by atoms with van der Waals surface area (Å²) in [6.07, 6.45) is 1.69. The Bertz CT molecular complexity index is 210. The van der Waals surface area contributed by atoms with Crippen LogP contribution in [0.1, 0.15) is 33.6 Å². The summed E-state index contributed by atoms with van der Waals surface area (Å²) in [6, 6.07) is -0.154. The molecule has 88 valence electrons. The Morgan fingerprint density at radius 1 is 1.47 bits per heavy atom. The fraction of sp³-hybridized carbons (Fsp3) is 0.909. The molecule has 2 atom stereocenters. The maximum Gasteiger partial charge on any atom is 0.323 e. The third-order valence-corrected chi connectivity index (χ3v) is 2.75. The Kier molecular flexibility index (Phi) is 4.54. The van der Waals surface area contributed by atoms with E-state index in [2.05, 4.69) is 12.2 Å². The standard InChI is InChI=1S/C11H21NO3/c1-4-14-10(13)9-6-7-11(3,8-12-9)15-5-2/h9,12H,4-8H2,1-3H3. The van der Waals surface area contributed by atoms with Gasteiger partial charge in [-0.1, -0.05) is 0 Å². The van der Waals surface area contributed by atoms with E-state index in [1.165, 1.54) is 0 Å². The van der Waals surface area contributed by atoms with Crippen LogP contribution in [0, 0.1) is 0 Å². The molecule has 1 fully saturated rings.